The Bertz CT molecular complexity index is 1180. The third-order valence-corrected chi connectivity index (χ3v) is 7.52. The Balaban J connectivity index is 1.47. The molecule has 0 atom stereocenters. The van der Waals surface area contributed by atoms with Crippen LogP contribution >= 0.6 is 34.7 Å². The molecule has 3 aromatic rings. The van der Waals surface area contributed by atoms with Gasteiger partial charge in [0.05, 0.1) is 23.6 Å². The molecule has 9 heteroatoms. The predicted molar refractivity (Wildman–Crippen MR) is 133 cm³/mol. The van der Waals surface area contributed by atoms with Gasteiger partial charge in [-0.1, -0.05) is 35.5 Å². The smallest absolute Gasteiger partial charge is 0.341 e. The molecule has 2 aromatic heterocycles. The highest BCUT2D eigenvalue weighted by molar-refractivity contribution is 7.99. The Morgan fingerprint density at radius 3 is 2.70 bits per heavy atom. The highest BCUT2D eigenvalue weighted by Crippen LogP contribution is 2.38. The lowest BCUT2D eigenvalue weighted by molar-refractivity contribution is -0.113. The fraction of sp³-hybridized carbons (Fsp3) is 0.333. The largest absolute Gasteiger partial charge is 0.462 e. The van der Waals surface area contributed by atoms with Crippen LogP contribution in [0.5, 0.6) is 0 Å². The fourth-order valence-corrected chi connectivity index (χ4v) is 5.86. The average Bonchev–Trinajstić information content (AvgIpc) is 3.16. The molecular weight excluding hydrogens is 478 g/mol. The summed E-state index contributed by atoms with van der Waals surface area (Å²) >= 11 is 8.73. The maximum atomic E-state index is 12.8. The Morgan fingerprint density at radius 2 is 1.94 bits per heavy atom. The summed E-state index contributed by atoms with van der Waals surface area (Å²) in [6.07, 6.45) is 3.91. The van der Waals surface area contributed by atoms with Crippen LogP contribution in [-0.4, -0.2) is 34.2 Å². The van der Waals surface area contributed by atoms with Crippen LogP contribution in [0.15, 0.2) is 35.5 Å². The number of carbonyl (C=O) groups excluding carboxylic acids is 2. The van der Waals surface area contributed by atoms with E-state index in [0.717, 1.165) is 48.2 Å². The van der Waals surface area contributed by atoms with E-state index in [4.69, 9.17) is 16.3 Å². The van der Waals surface area contributed by atoms with Crippen LogP contribution in [0.3, 0.4) is 0 Å². The number of ether oxygens (including phenoxy) is 1. The monoisotopic (exact) mass is 501 g/mol. The van der Waals surface area contributed by atoms with Crippen molar-refractivity contribution >= 4 is 51.6 Å². The summed E-state index contributed by atoms with van der Waals surface area (Å²) in [7, 11) is 0. The molecule has 1 aliphatic carbocycles. The molecule has 6 nitrogen and oxygen atoms in total. The van der Waals surface area contributed by atoms with Gasteiger partial charge >= 0.3 is 5.97 Å². The average molecular weight is 502 g/mol. The Labute approximate surface area is 206 Å². The van der Waals surface area contributed by atoms with Crippen LogP contribution in [0.2, 0.25) is 5.02 Å². The molecule has 0 saturated heterocycles. The number of amides is 1. The maximum Gasteiger partial charge on any atom is 0.341 e. The van der Waals surface area contributed by atoms with Crippen LogP contribution in [-0.2, 0) is 22.4 Å². The third-order valence-electron chi connectivity index (χ3n) is 5.21. The molecule has 0 fully saturated rings. The minimum absolute atomic E-state index is 0.133. The van der Waals surface area contributed by atoms with Crippen LogP contribution in [0, 0.1) is 6.92 Å². The fourth-order valence-electron chi connectivity index (χ4n) is 3.74. The number of thioether (sulfide) groups is 1. The van der Waals surface area contributed by atoms with E-state index in [9.17, 15) is 9.59 Å². The SMILES string of the molecule is CCOC(=O)c1c(NC(=O)CSc2nc(C)cc(-c3ccc(Cl)cc3)n2)sc2c1CCCC2. The van der Waals surface area contributed by atoms with Crippen LogP contribution in [0.25, 0.3) is 11.3 Å². The zero-order valence-electron chi connectivity index (χ0n) is 18.4. The number of halogens is 1. The van der Waals surface area contributed by atoms with E-state index in [1.165, 1.54) is 28.0 Å². The molecule has 0 radical (unpaired) electrons. The number of hydrogen-bond donors (Lipinski definition) is 1. The number of carbonyl (C=O) groups is 2. The van der Waals surface area contributed by atoms with Crippen molar-refractivity contribution in [3.8, 4) is 11.3 Å². The minimum atomic E-state index is -0.366. The van der Waals surface area contributed by atoms with Gasteiger partial charge in [0.15, 0.2) is 5.16 Å². The molecule has 4 rings (SSSR count). The second-order valence-electron chi connectivity index (χ2n) is 7.66. The molecule has 0 bridgehead atoms. The highest BCUT2D eigenvalue weighted by atomic mass is 35.5. The Morgan fingerprint density at radius 1 is 1.18 bits per heavy atom. The van der Waals surface area contributed by atoms with Crippen molar-refractivity contribution in [2.45, 2.75) is 44.7 Å². The molecule has 0 aliphatic heterocycles. The first-order chi connectivity index (χ1) is 15.9. The number of esters is 1. The maximum absolute atomic E-state index is 12.8. The standard InChI is InChI=1S/C24H24ClN3O3S2/c1-3-31-23(30)21-17-6-4-5-7-19(17)33-22(21)28-20(29)13-32-24-26-14(2)12-18(27-24)15-8-10-16(25)11-9-15/h8-12H,3-7,13H2,1-2H3,(H,28,29). The van der Waals surface area contributed by atoms with E-state index >= 15 is 0 Å². The molecule has 1 N–H and O–H groups in total. The lowest BCUT2D eigenvalue weighted by Gasteiger charge is -2.12. The zero-order valence-corrected chi connectivity index (χ0v) is 20.8. The van der Waals surface area contributed by atoms with Gasteiger partial charge in [-0.3, -0.25) is 4.79 Å². The summed E-state index contributed by atoms with van der Waals surface area (Å²) in [6.45, 7) is 3.98. The number of aromatic nitrogens is 2. The number of anilines is 1. The summed E-state index contributed by atoms with van der Waals surface area (Å²) in [5.74, 6) is -0.439. The van der Waals surface area contributed by atoms with Gasteiger partial charge < -0.3 is 10.1 Å². The van der Waals surface area contributed by atoms with Crippen molar-refractivity contribution in [2.75, 3.05) is 17.7 Å². The van der Waals surface area contributed by atoms with Crippen molar-refractivity contribution in [3.63, 3.8) is 0 Å². The first-order valence-corrected chi connectivity index (χ1v) is 13.0. The summed E-state index contributed by atoms with van der Waals surface area (Å²) in [5.41, 5.74) is 4.07. The van der Waals surface area contributed by atoms with Gasteiger partial charge in [-0.15, -0.1) is 11.3 Å². The molecule has 1 aromatic carbocycles. The lowest BCUT2D eigenvalue weighted by Crippen LogP contribution is -2.17. The van der Waals surface area contributed by atoms with Crippen LogP contribution < -0.4 is 5.32 Å². The summed E-state index contributed by atoms with van der Waals surface area (Å²) < 4.78 is 5.26. The van der Waals surface area contributed by atoms with Crippen molar-refractivity contribution < 1.29 is 14.3 Å². The molecule has 33 heavy (non-hydrogen) atoms. The van der Waals surface area contributed by atoms with Gasteiger partial charge in [0, 0.05) is 21.2 Å². The molecule has 1 amide bonds. The molecule has 172 valence electrons. The molecular formula is C24H24ClN3O3S2. The van der Waals surface area contributed by atoms with Gasteiger partial charge in [0.1, 0.15) is 5.00 Å². The van der Waals surface area contributed by atoms with E-state index in [1.807, 2.05) is 37.3 Å². The number of aryl methyl sites for hydroxylation is 2. The topological polar surface area (TPSA) is 81.2 Å². The van der Waals surface area contributed by atoms with Gasteiger partial charge in [0.2, 0.25) is 5.91 Å². The summed E-state index contributed by atoms with van der Waals surface area (Å²) in [4.78, 5) is 35.6. The number of thiophene rings is 1. The van der Waals surface area contributed by atoms with E-state index in [2.05, 4.69) is 15.3 Å². The first-order valence-electron chi connectivity index (χ1n) is 10.8. The number of fused-ring (bicyclic) bond motifs is 1. The van der Waals surface area contributed by atoms with E-state index < -0.39 is 0 Å². The number of nitrogens with one attached hydrogen (secondary N) is 1. The Kier molecular flexibility index (Phi) is 7.67. The quantitative estimate of drug-likeness (QED) is 0.244. The number of hydrogen-bond acceptors (Lipinski definition) is 7. The van der Waals surface area contributed by atoms with Crippen LogP contribution in [0.1, 0.15) is 46.3 Å². The van der Waals surface area contributed by atoms with Crippen molar-refractivity contribution in [2.24, 2.45) is 0 Å². The normalized spacial score (nSPS) is 12.8. The van der Waals surface area contributed by atoms with Crippen molar-refractivity contribution in [3.05, 3.63) is 57.1 Å². The van der Waals surface area contributed by atoms with Gasteiger partial charge in [-0.25, -0.2) is 14.8 Å². The van der Waals surface area contributed by atoms with Crippen molar-refractivity contribution in [1.82, 2.24) is 9.97 Å². The second-order valence-corrected chi connectivity index (χ2v) is 10.1. The molecule has 2 heterocycles. The first kappa shape index (κ1) is 23.7. The van der Waals surface area contributed by atoms with Crippen molar-refractivity contribution in [1.29, 1.82) is 0 Å². The Hall–Kier alpha value is -2.42. The van der Waals surface area contributed by atoms with Gasteiger partial charge in [-0.2, -0.15) is 0 Å². The second kappa shape index (κ2) is 10.7. The van der Waals surface area contributed by atoms with Gasteiger partial charge in [0.25, 0.3) is 0 Å². The number of benzene rings is 1. The molecule has 1 aliphatic rings. The highest BCUT2D eigenvalue weighted by Gasteiger charge is 2.27. The zero-order chi connectivity index (χ0) is 23.4. The predicted octanol–water partition coefficient (Wildman–Crippen LogP) is 5.95. The van der Waals surface area contributed by atoms with E-state index in [1.54, 1.807) is 6.92 Å². The van der Waals surface area contributed by atoms with E-state index in [-0.39, 0.29) is 17.6 Å². The summed E-state index contributed by atoms with van der Waals surface area (Å²) in [5, 5.41) is 4.69. The minimum Gasteiger partial charge on any atom is -0.462 e. The third kappa shape index (κ3) is 5.75. The number of nitrogens with zero attached hydrogens (tertiary/aromatic N) is 2. The molecule has 0 unspecified atom stereocenters. The molecule has 0 saturated carbocycles. The van der Waals surface area contributed by atoms with Crippen LogP contribution in [0.4, 0.5) is 5.00 Å². The summed E-state index contributed by atoms with van der Waals surface area (Å²) in [6, 6.07) is 9.34. The van der Waals surface area contributed by atoms with E-state index in [0.29, 0.717) is 27.4 Å². The number of rotatable bonds is 7. The lowest BCUT2D eigenvalue weighted by atomic mass is 9.95. The van der Waals surface area contributed by atoms with Gasteiger partial charge in [-0.05, 0) is 63.3 Å². The molecule has 0 spiro atoms.